The zero-order valence-electron chi connectivity index (χ0n) is 15.2. The van der Waals surface area contributed by atoms with Crippen molar-refractivity contribution in [1.29, 1.82) is 0 Å². The molecule has 10 heteroatoms. The maximum atomic E-state index is 8.36. The average molecular weight is 472 g/mol. The second-order valence-electron chi connectivity index (χ2n) is 5.82. The number of hydrogen-bond donors (Lipinski definition) is 1. The summed E-state index contributed by atoms with van der Waals surface area (Å²) in [6, 6.07) is 16.1. The fourth-order valence-electron chi connectivity index (χ4n) is 2.30. The van der Waals surface area contributed by atoms with Gasteiger partial charge in [0.1, 0.15) is 0 Å². The summed E-state index contributed by atoms with van der Waals surface area (Å²) < 4.78 is 2.14. The monoisotopic (exact) mass is 471 g/mol. The lowest BCUT2D eigenvalue weighted by molar-refractivity contribution is -0.742. The van der Waals surface area contributed by atoms with E-state index in [2.05, 4.69) is 33.8 Å². The Morgan fingerprint density at radius 3 is 2.24 bits per heavy atom. The summed E-state index contributed by atoms with van der Waals surface area (Å²) in [5, 5.41) is 15.7. The average Bonchev–Trinajstić information content (AvgIpc) is 3.19. The van der Waals surface area contributed by atoms with Gasteiger partial charge in [-0.15, -0.1) is 21.9 Å². The summed E-state index contributed by atoms with van der Waals surface area (Å²) in [5.74, 6) is 2.00. The van der Waals surface area contributed by atoms with Crippen LogP contribution in [-0.4, -0.2) is 30.8 Å². The molecule has 29 heavy (non-hydrogen) atoms. The number of thioether (sulfide) groups is 2. The van der Waals surface area contributed by atoms with E-state index in [9.17, 15) is 0 Å². The van der Waals surface area contributed by atoms with Gasteiger partial charge in [-0.3, -0.25) is 0 Å². The molecule has 6 nitrogen and oxygen atoms in total. The molecule has 1 heterocycles. The molecule has 3 aromatic rings. The van der Waals surface area contributed by atoms with E-state index < -0.39 is 5.09 Å². The number of hydrogen-bond acceptors (Lipinski definition) is 5. The van der Waals surface area contributed by atoms with E-state index in [0.717, 1.165) is 28.1 Å². The Bertz CT molecular complexity index is 810. The molecule has 1 atom stereocenters. The van der Waals surface area contributed by atoms with Gasteiger partial charge >= 0.3 is 0 Å². The molecular weight excluding hydrogens is 453 g/mol. The van der Waals surface area contributed by atoms with Gasteiger partial charge in [-0.2, -0.15) is 11.8 Å². The third kappa shape index (κ3) is 9.94. The fraction of sp³-hybridized carbons (Fsp3) is 0.211. The smallest absolute Gasteiger partial charge is 0.291 e. The minimum atomic E-state index is -1.50. The molecule has 0 aliphatic rings. The molecule has 0 fully saturated rings. The van der Waals surface area contributed by atoms with E-state index in [4.69, 9.17) is 38.5 Å². The van der Waals surface area contributed by atoms with E-state index in [-0.39, 0.29) is 0 Å². The predicted molar refractivity (Wildman–Crippen MR) is 120 cm³/mol. The van der Waals surface area contributed by atoms with Crippen LogP contribution in [0.3, 0.4) is 0 Å². The molecular formula is C19H19Cl2N3O3S2. The second kappa shape index (κ2) is 12.6. The first kappa shape index (κ1) is 23.4. The standard InChI is InChI=1S/C19H18Cl2N2S2.HNO3/c20-16-3-1-15(2-4-16)12-24-19(11-23-10-9-22-14-23)13-25-18-7-5-17(21)6-8-18;2-1(3)4/h1-10,14,19H,11-13H2;(H,2,3,4). The molecule has 1 aromatic heterocycles. The van der Waals surface area contributed by atoms with Crippen LogP contribution in [-0.2, 0) is 12.3 Å². The molecule has 0 aliphatic heterocycles. The summed E-state index contributed by atoms with van der Waals surface area (Å²) in [6.07, 6.45) is 5.72. The Morgan fingerprint density at radius 2 is 1.69 bits per heavy atom. The van der Waals surface area contributed by atoms with E-state index in [1.54, 1.807) is 0 Å². The number of halogens is 2. The summed E-state index contributed by atoms with van der Waals surface area (Å²) >= 11 is 15.8. The van der Waals surface area contributed by atoms with E-state index >= 15 is 0 Å². The predicted octanol–water partition coefficient (Wildman–Crippen LogP) is 5.94. The van der Waals surface area contributed by atoms with Gasteiger partial charge in [0.05, 0.1) is 6.33 Å². The lowest BCUT2D eigenvalue weighted by Crippen LogP contribution is -2.15. The molecule has 3 rings (SSSR count). The van der Waals surface area contributed by atoms with Crippen LogP contribution in [0.25, 0.3) is 0 Å². The van der Waals surface area contributed by atoms with Crippen LogP contribution in [0.4, 0.5) is 0 Å². The zero-order valence-corrected chi connectivity index (χ0v) is 18.4. The van der Waals surface area contributed by atoms with Crippen molar-refractivity contribution in [3.8, 4) is 0 Å². The Hall–Kier alpha value is -1.87. The van der Waals surface area contributed by atoms with Crippen molar-refractivity contribution in [3.63, 3.8) is 0 Å². The summed E-state index contributed by atoms with van der Waals surface area (Å²) in [6.45, 7) is 0.943. The Kier molecular flexibility index (Phi) is 10.2. The van der Waals surface area contributed by atoms with Gasteiger partial charge in [0.2, 0.25) is 0 Å². The van der Waals surface area contributed by atoms with Gasteiger partial charge in [0.25, 0.3) is 5.09 Å². The van der Waals surface area contributed by atoms with Crippen molar-refractivity contribution < 1.29 is 10.3 Å². The zero-order chi connectivity index (χ0) is 21.1. The van der Waals surface area contributed by atoms with Crippen molar-refractivity contribution >= 4 is 46.7 Å². The van der Waals surface area contributed by atoms with Crippen LogP contribution in [0.1, 0.15) is 5.56 Å². The molecule has 2 aromatic carbocycles. The molecule has 0 saturated carbocycles. The van der Waals surface area contributed by atoms with Crippen molar-refractivity contribution in [2.75, 3.05) is 5.75 Å². The van der Waals surface area contributed by atoms with E-state index in [1.807, 2.05) is 66.5 Å². The third-order valence-corrected chi connectivity index (χ3v) is 6.80. The van der Waals surface area contributed by atoms with Gasteiger partial charge in [-0.05, 0) is 42.0 Å². The largest absolute Gasteiger partial charge is 0.336 e. The Labute approximate surface area is 187 Å². The van der Waals surface area contributed by atoms with Crippen LogP contribution in [0, 0.1) is 10.1 Å². The number of benzene rings is 2. The van der Waals surface area contributed by atoms with Gasteiger partial charge in [0, 0.05) is 50.6 Å². The van der Waals surface area contributed by atoms with Crippen molar-refractivity contribution in [3.05, 3.63) is 93.0 Å². The normalized spacial score (nSPS) is 11.4. The first-order valence-electron chi connectivity index (χ1n) is 8.46. The highest BCUT2D eigenvalue weighted by atomic mass is 35.5. The SMILES string of the molecule is Clc1ccc(CSC(CSc2ccc(Cl)cc2)Cn2ccnc2)cc1.O=[N+]([O-])O. The molecule has 0 saturated heterocycles. The summed E-state index contributed by atoms with van der Waals surface area (Å²) in [5.41, 5.74) is 1.29. The Morgan fingerprint density at radius 1 is 1.10 bits per heavy atom. The van der Waals surface area contributed by atoms with Gasteiger partial charge < -0.3 is 9.77 Å². The Balaban J connectivity index is 0.000000687. The molecule has 1 unspecified atom stereocenters. The first-order valence-corrected chi connectivity index (χ1v) is 11.2. The molecule has 0 spiro atoms. The number of nitrogens with zero attached hydrogens (tertiary/aromatic N) is 3. The van der Waals surface area contributed by atoms with Crippen molar-refractivity contribution in [1.82, 2.24) is 9.55 Å². The van der Waals surface area contributed by atoms with Crippen LogP contribution in [0.2, 0.25) is 10.0 Å². The molecule has 0 amide bonds. The number of aromatic nitrogens is 2. The highest BCUT2D eigenvalue weighted by molar-refractivity contribution is 8.03. The van der Waals surface area contributed by atoms with Gasteiger partial charge in [-0.1, -0.05) is 35.3 Å². The molecule has 154 valence electrons. The number of imidazole rings is 1. The number of rotatable bonds is 8. The highest BCUT2D eigenvalue weighted by Crippen LogP contribution is 2.28. The van der Waals surface area contributed by atoms with Crippen molar-refractivity contribution in [2.24, 2.45) is 0 Å². The van der Waals surface area contributed by atoms with E-state index in [1.165, 1.54) is 10.5 Å². The topological polar surface area (TPSA) is 81.2 Å². The molecule has 0 radical (unpaired) electrons. The van der Waals surface area contributed by atoms with Crippen LogP contribution in [0.5, 0.6) is 0 Å². The van der Waals surface area contributed by atoms with E-state index in [0.29, 0.717) is 5.25 Å². The summed E-state index contributed by atoms with van der Waals surface area (Å²) in [7, 11) is 0. The molecule has 0 bridgehead atoms. The first-order chi connectivity index (χ1) is 13.9. The van der Waals surface area contributed by atoms with Crippen LogP contribution >= 0.6 is 46.7 Å². The van der Waals surface area contributed by atoms with Crippen molar-refractivity contribution in [2.45, 2.75) is 22.4 Å². The maximum Gasteiger partial charge on any atom is 0.291 e. The van der Waals surface area contributed by atoms with Gasteiger partial charge in [0.15, 0.2) is 0 Å². The quantitative estimate of drug-likeness (QED) is 0.248. The lowest BCUT2D eigenvalue weighted by atomic mass is 10.2. The third-order valence-electron chi connectivity index (χ3n) is 3.62. The minimum Gasteiger partial charge on any atom is -0.336 e. The molecule has 1 N–H and O–H groups in total. The molecule has 0 aliphatic carbocycles. The maximum absolute atomic E-state index is 8.36. The van der Waals surface area contributed by atoms with Gasteiger partial charge in [-0.25, -0.2) is 4.98 Å². The van der Waals surface area contributed by atoms with Crippen LogP contribution < -0.4 is 0 Å². The van der Waals surface area contributed by atoms with Crippen LogP contribution in [0.15, 0.2) is 72.1 Å². The fourth-order valence-corrected chi connectivity index (χ4v) is 4.85. The minimum absolute atomic E-state index is 0.477. The second-order valence-corrected chi connectivity index (χ2v) is 9.08. The summed E-state index contributed by atoms with van der Waals surface area (Å²) in [4.78, 5) is 13.8. The lowest BCUT2D eigenvalue weighted by Gasteiger charge is -2.17. The highest BCUT2D eigenvalue weighted by Gasteiger charge is 2.12.